The number of hydrogen-bond acceptors (Lipinski definition) is 5. The van der Waals surface area contributed by atoms with Gasteiger partial charge in [0.1, 0.15) is 0 Å². The van der Waals surface area contributed by atoms with Gasteiger partial charge < -0.3 is 20.3 Å². The Hall–Kier alpha value is -3.36. The van der Waals surface area contributed by atoms with Gasteiger partial charge in [-0.05, 0) is 39.0 Å². The van der Waals surface area contributed by atoms with E-state index in [0.717, 1.165) is 5.69 Å². The molecule has 2 aromatic rings. The third-order valence-corrected chi connectivity index (χ3v) is 5.31. The van der Waals surface area contributed by atoms with Gasteiger partial charge in [0, 0.05) is 30.9 Å². The van der Waals surface area contributed by atoms with Crippen LogP contribution in [0.5, 0.6) is 0 Å². The Kier molecular flexibility index (Phi) is 6.94. The van der Waals surface area contributed by atoms with E-state index in [4.69, 9.17) is 4.74 Å². The van der Waals surface area contributed by atoms with Crippen LogP contribution in [0.15, 0.2) is 36.5 Å². The monoisotopic (exact) mass is 429 g/mol. The fourth-order valence-electron chi connectivity index (χ4n) is 3.82. The molecule has 2 N–H and O–H groups in total. The predicted octanol–water partition coefficient (Wildman–Crippen LogP) is 3.52. The van der Waals surface area contributed by atoms with Crippen molar-refractivity contribution in [2.45, 2.75) is 39.4 Å². The molecule has 0 radical (unpaired) electrons. The minimum absolute atomic E-state index is 0.0397. The second kappa shape index (κ2) is 9.63. The summed E-state index contributed by atoms with van der Waals surface area (Å²) < 4.78 is 20.1. The third kappa shape index (κ3) is 5.22. The Morgan fingerprint density at radius 2 is 1.90 bits per heavy atom. The summed E-state index contributed by atoms with van der Waals surface area (Å²) in [4.78, 5) is 31.9. The first-order valence-corrected chi connectivity index (χ1v) is 10.2. The maximum Gasteiger partial charge on any atom is 0.410 e. The highest BCUT2D eigenvalue weighted by molar-refractivity contribution is 5.89. The standard InChI is InChI=1S/C22H28FN5O3/c1-14-8-9-18(11-24-14)26-21(29)25-10-17-6-5-7-19(20(17)23)27-12-15(2)28(16(3)13-27)22(30)31-4/h5-9,11,15-16H,10,12-13H2,1-4H3,(H2,25,26,29)/t15-,16+. The summed E-state index contributed by atoms with van der Waals surface area (Å²) in [5.41, 5.74) is 2.24. The van der Waals surface area contributed by atoms with Gasteiger partial charge in [0.25, 0.3) is 0 Å². The number of benzene rings is 1. The molecule has 3 rings (SSSR count). The Morgan fingerprint density at radius 1 is 1.19 bits per heavy atom. The van der Waals surface area contributed by atoms with Crippen molar-refractivity contribution >= 4 is 23.5 Å². The first-order chi connectivity index (χ1) is 14.8. The van der Waals surface area contributed by atoms with Gasteiger partial charge in [-0.25, -0.2) is 14.0 Å². The molecule has 0 saturated carbocycles. The lowest BCUT2D eigenvalue weighted by Crippen LogP contribution is -2.59. The lowest BCUT2D eigenvalue weighted by Gasteiger charge is -2.44. The van der Waals surface area contributed by atoms with E-state index < -0.39 is 6.03 Å². The van der Waals surface area contributed by atoms with Crippen molar-refractivity contribution in [1.29, 1.82) is 0 Å². The van der Waals surface area contributed by atoms with Gasteiger partial charge in [0.15, 0.2) is 5.82 Å². The summed E-state index contributed by atoms with van der Waals surface area (Å²) in [7, 11) is 1.36. The molecule has 31 heavy (non-hydrogen) atoms. The number of carbonyl (C=O) groups excluding carboxylic acids is 2. The molecule has 3 amide bonds. The minimum atomic E-state index is -0.440. The summed E-state index contributed by atoms with van der Waals surface area (Å²) >= 11 is 0. The number of rotatable bonds is 4. The number of nitrogens with one attached hydrogen (secondary N) is 2. The number of aromatic nitrogens is 1. The van der Waals surface area contributed by atoms with Crippen LogP contribution in [-0.2, 0) is 11.3 Å². The molecule has 1 aromatic carbocycles. The van der Waals surface area contributed by atoms with Gasteiger partial charge in [-0.15, -0.1) is 0 Å². The van der Waals surface area contributed by atoms with Gasteiger partial charge in [0.05, 0.1) is 36.8 Å². The lowest BCUT2D eigenvalue weighted by molar-refractivity contribution is 0.0819. The van der Waals surface area contributed by atoms with Crippen molar-refractivity contribution in [3.8, 4) is 0 Å². The first kappa shape index (κ1) is 22.3. The normalized spacial score (nSPS) is 18.5. The molecule has 9 heteroatoms. The zero-order chi connectivity index (χ0) is 22.5. The Morgan fingerprint density at radius 3 is 2.52 bits per heavy atom. The van der Waals surface area contributed by atoms with Crippen LogP contribution in [-0.4, -0.2) is 54.3 Å². The highest BCUT2D eigenvalue weighted by Crippen LogP contribution is 2.27. The molecule has 2 atom stereocenters. The number of carbonyl (C=O) groups is 2. The summed E-state index contributed by atoms with van der Waals surface area (Å²) in [6.45, 7) is 6.68. The number of nitrogens with zero attached hydrogens (tertiary/aromatic N) is 3. The van der Waals surface area contributed by atoms with Crippen molar-refractivity contribution < 1.29 is 18.7 Å². The number of anilines is 2. The number of amides is 3. The number of aryl methyl sites for hydroxylation is 1. The smallest absolute Gasteiger partial charge is 0.410 e. The number of urea groups is 1. The number of ether oxygens (including phenoxy) is 1. The quantitative estimate of drug-likeness (QED) is 0.777. The van der Waals surface area contributed by atoms with E-state index in [0.29, 0.717) is 30.0 Å². The summed E-state index contributed by atoms with van der Waals surface area (Å²) in [5, 5.41) is 5.35. The van der Waals surface area contributed by atoms with E-state index in [1.54, 1.807) is 41.4 Å². The van der Waals surface area contributed by atoms with Crippen LogP contribution in [0.2, 0.25) is 0 Å². The van der Waals surface area contributed by atoms with Gasteiger partial charge in [-0.3, -0.25) is 9.88 Å². The topological polar surface area (TPSA) is 86.8 Å². The average Bonchev–Trinajstić information content (AvgIpc) is 2.74. The SMILES string of the molecule is COC(=O)N1[C@H](C)CN(c2cccc(CNC(=O)Nc3ccc(C)nc3)c2F)C[C@@H]1C. The highest BCUT2D eigenvalue weighted by atomic mass is 19.1. The molecule has 0 aliphatic carbocycles. The number of piperazine rings is 1. The van der Waals surface area contributed by atoms with Crippen LogP contribution in [0.3, 0.4) is 0 Å². The van der Waals surface area contributed by atoms with Gasteiger partial charge in [-0.1, -0.05) is 12.1 Å². The lowest BCUT2D eigenvalue weighted by atomic mass is 10.1. The molecule has 166 valence electrons. The predicted molar refractivity (Wildman–Crippen MR) is 117 cm³/mol. The zero-order valence-electron chi connectivity index (χ0n) is 18.2. The van der Waals surface area contributed by atoms with Crippen molar-refractivity contribution in [3.05, 3.63) is 53.6 Å². The van der Waals surface area contributed by atoms with E-state index in [2.05, 4.69) is 15.6 Å². The molecule has 0 unspecified atom stereocenters. The molecule has 0 spiro atoms. The van der Waals surface area contributed by atoms with Crippen LogP contribution in [0.4, 0.5) is 25.4 Å². The molecule has 1 fully saturated rings. The molecular weight excluding hydrogens is 401 g/mol. The van der Waals surface area contributed by atoms with Crippen molar-refractivity contribution in [2.75, 3.05) is 30.4 Å². The third-order valence-electron chi connectivity index (χ3n) is 5.31. The molecular formula is C22H28FN5O3. The van der Waals surface area contributed by atoms with Gasteiger partial charge in [-0.2, -0.15) is 0 Å². The zero-order valence-corrected chi connectivity index (χ0v) is 18.2. The molecule has 8 nitrogen and oxygen atoms in total. The second-order valence-corrected chi connectivity index (χ2v) is 7.73. The number of methoxy groups -OCH3 is 1. The fraction of sp³-hybridized carbons (Fsp3) is 0.409. The van der Waals surface area contributed by atoms with Crippen molar-refractivity contribution in [1.82, 2.24) is 15.2 Å². The minimum Gasteiger partial charge on any atom is -0.453 e. The maximum absolute atomic E-state index is 15.2. The Balaban J connectivity index is 1.65. The molecule has 1 aliphatic rings. The molecule has 1 saturated heterocycles. The van der Waals surface area contributed by atoms with Crippen molar-refractivity contribution in [3.63, 3.8) is 0 Å². The van der Waals surface area contributed by atoms with Crippen LogP contribution in [0.1, 0.15) is 25.1 Å². The van der Waals surface area contributed by atoms with Gasteiger partial charge >= 0.3 is 12.1 Å². The van der Waals surface area contributed by atoms with E-state index in [1.807, 2.05) is 25.7 Å². The Labute approximate surface area is 181 Å². The van der Waals surface area contributed by atoms with Crippen molar-refractivity contribution in [2.24, 2.45) is 0 Å². The highest BCUT2D eigenvalue weighted by Gasteiger charge is 2.34. The van der Waals surface area contributed by atoms with Crippen LogP contribution in [0, 0.1) is 12.7 Å². The number of hydrogen-bond donors (Lipinski definition) is 2. The average molecular weight is 429 g/mol. The first-order valence-electron chi connectivity index (χ1n) is 10.2. The van der Waals surface area contributed by atoms with Gasteiger partial charge in [0.2, 0.25) is 0 Å². The summed E-state index contributed by atoms with van der Waals surface area (Å²) in [5.74, 6) is -0.384. The summed E-state index contributed by atoms with van der Waals surface area (Å²) in [6, 6.07) is 7.95. The molecule has 0 bridgehead atoms. The Bertz CT molecular complexity index is 925. The van der Waals surface area contributed by atoms with Crippen LogP contribution < -0.4 is 15.5 Å². The maximum atomic E-state index is 15.2. The van der Waals surface area contributed by atoms with E-state index in [1.165, 1.54) is 7.11 Å². The van der Waals surface area contributed by atoms with E-state index in [-0.39, 0.29) is 30.5 Å². The second-order valence-electron chi connectivity index (χ2n) is 7.73. The fourth-order valence-corrected chi connectivity index (χ4v) is 3.82. The number of halogens is 1. The largest absolute Gasteiger partial charge is 0.453 e. The molecule has 1 aromatic heterocycles. The molecule has 2 heterocycles. The van der Waals surface area contributed by atoms with Crippen LogP contribution >= 0.6 is 0 Å². The van der Waals surface area contributed by atoms with E-state index in [9.17, 15) is 9.59 Å². The van der Waals surface area contributed by atoms with Crippen LogP contribution in [0.25, 0.3) is 0 Å². The van der Waals surface area contributed by atoms with E-state index >= 15 is 4.39 Å². The molecule has 1 aliphatic heterocycles. The number of pyridine rings is 1. The summed E-state index contributed by atoms with van der Waals surface area (Å²) in [6.07, 6.45) is 1.18.